The van der Waals surface area contributed by atoms with Crippen molar-refractivity contribution in [2.75, 3.05) is 24.6 Å². The van der Waals surface area contributed by atoms with Crippen LogP contribution in [-0.2, 0) is 0 Å². The van der Waals surface area contributed by atoms with Gasteiger partial charge in [0.1, 0.15) is 5.82 Å². The summed E-state index contributed by atoms with van der Waals surface area (Å²) in [6.07, 6.45) is 3.97. The summed E-state index contributed by atoms with van der Waals surface area (Å²) in [6.45, 7) is 4.16. The molecule has 1 aliphatic rings. The van der Waals surface area contributed by atoms with Gasteiger partial charge >= 0.3 is 0 Å². The van der Waals surface area contributed by atoms with Crippen LogP contribution in [0.3, 0.4) is 0 Å². The van der Waals surface area contributed by atoms with E-state index in [0.29, 0.717) is 5.56 Å². The first kappa shape index (κ1) is 17.4. The third-order valence-corrected chi connectivity index (χ3v) is 4.81. The number of hydrogen-bond acceptors (Lipinski definition) is 4. The van der Waals surface area contributed by atoms with Crippen molar-refractivity contribution in [1.82, 2.24) is 10.3 Å². The van der Waals surface area contributed by atoms with E-state index >= 15 is 0 Å². The van der Waals surface area contributed by atoms with E-state index in [1.54, 1.807) is 12.3 Å². The molecule has 0 aliphatic carbocycles. The SMILES string of the molecule is CC1CCN(c2ccc(C(=O)NC(CO)c3ccccc3)cn2)CC1. The Balaban J connectivity index is 1.64. The molecule has 0 bridgehead atoms. The third kappa shape index (κ3) is 4.37. The zero-order valence-corrected chi connectivity index (χ0v) is 14.6. The number of aliphatic hydroxyl groups is 1. The lowest BCUT2D eigenvalue weighted by atomic mass is 9.99. The van der Waals surface area contributed by atoms with E-state index in [1.165, 1.54) is 12.8 Å². The topological polar surface area (TPSA) is 65.5 Å². The van der Waals surface area contributed by atoms with Gasteiger partial charge in [0.15, 0.2) is 0 Å². The van der Waals surface area contributed by atoms with Crippen LogP contribution in [0.5, 0.6) is 0 Å². The van der Waals surface area contributed by atoms with Crippen molar-refractivity contribution in [3.8, 4) is 0 Å². The molecule has 1 unspecified atom stereocenters. The molecule has 2 N–H and O–H groups in total. The lowest BCUT2D eigenvalue weighted by molar-refractivity contribution is 0.0916. The lowest BCUT2D eigenvalue weighted by Gasteiger charge is -2.31. The van der Waals surface area contributed by atoms with Gasteiger partial charge in [0.2, 0.25) is 0 Å². The first-order valence-corrected chi connectivity index (χ1v) is 8.85. The molecule has 0 spiro atoms. The Bertz CT molecular complexity index is 680. The normalized spacial score (nSPS) is 16.5. The molecule has 132 valence electrons. The van der Waals surface area contributed by atoms with Crippen LogP contribution in [0.25, 0.3) is 0 Å². The average molecular weight is 339 g/mol. The summed E-state index contributed by atoms with van der Waals surface area (Å²) in [5, 5.41) is 12.4. The average Bonchev–Trinajstić information content (AvgIpc) is 2.67. The van der Waals surface area contributed by atoms with Gasteiger partial charge in [-0.3, -0.25) is 4.79 Å². The van der Waals surface area contributed by atoms with Crippen molar-refractivity contribution in [3.05, 3.63) is 59.8 Å². The van der Waals surface area contributed by atoms with Gasteiger partial charge in [-0.05, 0) is 36.5 Å². The van der Waals surface area contributed by atoms with Crippen LogP contribution in [-0.4, -0.2) is 35.7 Å². The fourth-order valence-electron chi connectivity index (χ4n) is 3.11. The largest absolute Gasteiger partial charge is 0.394 e. The van der Waals surface area contributed by atoms with E-state index in [4.69, 9.17) is 0 Å². The number of rotatable bonds is 5. The molecule has 1 amide bonds. The monoisotopic (exact) mass is 339 g/mol. The summed E-state index contributed by atoms with van der Waals surface area (Å²) in [7, 11) is 0. The van der Waals surface area contributed by atoms with Crippen LogP contribution in [0.4, 0.5) is 5.82 Å². The zero-order valence-electron chi connectivity index (χ0n) is 14.6. The Morgan fingerprint density at radius 3 is 2.56 bits per heavy atom. The Morgan fingerprint density at radius 1 is 1.24 bits per heavy atom. The number of piperidine rings is 1. The molecular formula is C20H25N3O2. The van der Waals surface area contributed by atoms with Gasteiger partial charge in [-0.1, -0.05) is 37.3 Å². The molecule has 5 nitrogen and oxygen atoms in total. The Labute approximate surface area is 148 Å². The van der Waals surface area contributed by atoms with Gasteiger partial charge in [-0.2, -0.15) is 0 Å². The van der Waals surface area contributed by atoms with E-state index in [1.807, 2.05) is 36.4 Å². The number of hydrogen-bond donors (Lipinski definition) is 2. The number of amides is 1. The number of carbonyl (C=O) groups is 1. The summed E-state index contributed by atoms with van der Waals surface area (Å²) in [5.41, 5.74) is 1.38. The molecule has 1 aromatic carbocycles. The van der Waals surface area contributed by atoms with Crippen molar-refractivity contribution < 1.29 is 9.90 Å². The molecule has 1 aromatic heterocycles. The van der Waals surface area contributed by atoms with Crippen molar-refractivity contribution >= 4 is 11.7 Å². The van der Waals surface area contributed by atoms with E-state index in [0.717, 1.165) is 30.4 Å². The van der Waals surface area contributed by atoms with Gasteiger partial charge in [0, 0.05) is 19.3 Å². The fraction of sp³-hybridized carbons (Fsp3) is 0.400. The van der Waals surface area contributed by atoms with Crippen LogP contribution >= 0.6 is 0 Å². The van der Waals surface area contributed by atoms with E-state index < -0.39 is 6.04 Å². The number of aromatic nitrogens is 1. The first-order valence-electron chi connectivity index (χ1n) is 8.85. The Kier molecular flexibility index (Phi) is 5.66. The minimum Gasteiger partial charge on any atom is -0.394 e. The van der Waals surface area contributed by atoms with Crippen molar-refractivity contribution in [3.63, 3.8) is 0 Å². The number of nitrogens with one attached hydrogen (secondary N) is 1. The maximum Gasteiger partial charge on any atom is 0.253 e. The number of benzene rings is 1. The lowest BCUT2D eigenvalue weighted by Crippen LogP contribution is -2.33. The summed E-state index contributed by atoms with van der Waals surface area (Å²) in [6, 6.07) is 12.7. The summed E-state index contributed by atoms with van der Waals surface area (Å²) < 4.78 is 0. The highest BCUT2D eigenvalue weighted by molar-refractivity contribution is 5.94. The smallest absolute Gasteiger partial charge is 0.253 e. The van der Waals surface area contributed by atoms with E-state index in [-0.39, 0.29) is 12.5 Å². The molecule has 0 saturated carbocycles. The first-order chi connectivity index (χ1) is 12.2. The molecular weight excluding hydrogens is 314 g/mol. The molecule has 2 heterocycles. The minimum absolute atomic E-state index is 0.146. The highest BCUT2D eigenvalue weighted by Gasteiger charge is 2.18. The second-order valence-electron chi connectivity index (χ2n) is 6.69. The summed E-state index contributed by atoms with van der Waals surface area (Å²) in [4.78, 5) is 19.2. The maximum absolute atomic E-state index is 12.4. The summed E-state index contributed by atoms with van der Waals surface area (Å²) in [5.74, 6) is 1.47. The molecule has 25 heavy (non-hydrogen) atoms. The number of aliphatic hydroxyl groups excluding tert-OH is 1. The second-order valence-corrected chi connectivity index (χ2v) is 6.69. The number of anilines is 1. The molecule has 3 rings (SSSR count). The minimum atomic E-state index is -0.419. The molecule has 2 aromatic rings. The predicted octanol–water partition coefficient (Wildman–Crippen LogP) is 2.78. The quantitative estimate of drug-likeness (QED) is 0.879. The van der Waals surface area contributed by atoms with Crippen LogP contribution in [0.15, 0.2) is 48.7 Å². The van der Waals surface area contributed by atoms with Gasteiger partial charge < -0.3 is 15.3 Å². The van der Waals surface area contributed by atoms with E-state index in [9.17, 15) is 9.90 Å². The van der Waals surface area contributed by atoms with Gasteiger partial charge in [-0.25, -0.2) is 4.98 Å². The molecule has 1 fully saturated rings. The number of nitrogens with zero attached hydrogens (tertiary/aromatic N) is 2. The van der Waals surface area contributed by atoms with Crippen LogP contribution in [0, 0.1) is 5.92 Å². The fourth-order valence-corrected chi connectivity index (χ4v) is 3.11. The van der Waals surface area contributed by atoms with Crippen LogP contribution in [0.1, 0.15) is 41.7 Å². The molecule has 5 heteroatoms. The standard InChI is InChI=1S/C20H25N3O2/c1-15-9-11-23(12-10-15)19-8-7-17(13-21-19)20(25)22-18(14-24)16-5-3-2-4-6-16/h2-8,13,15,18,24H,9-12,14H2,1H3,(H,22,25). The van der Waals surface area contributed by atoms with Crippen molar-refractivity contribution in [1.29, 1.82) is 0 Å². The van der Waals surface area contributed by atoms with E-state index in [2.05, 4.69) is 22.1 Å². The highest BCUT2D eigenvalue weighted by atomic mass is 16.3. The number of pyridine rings is 1. The molecule has 1 aliphatic heterocycles. The summed E-state index contributed by atoms with van der Waals surface area (Å²) >= 11 is 0. The van der Waals surface area contributed by atoms with Gasteiger partial charge in [-0.15, -0.1) is 0 Å². The van der Waals surface area contributed by atoms with Crippen LogP contribution in [0.2, 0.25) is 0 Å². The van der Waals surface area contributed by atoms with Crippen LogP contribution < -0.4 is 10.2 Å². The van der Waals surface area contributed by atoms with Crippen molar-refractivity contribution in [2.24, 2.45) is 5.92 Å². The third-order valence-electron chi connectivity index (χ3n) is 4.81. The molecule has 0 radical (unpaired) electrons. The Morgan fingerprint density at radius 2 is 1.96 bits per heavy atom. The predicted molar refractivity (Wildman–Crippen MR) is 98.6 cm³/mol. The second kappa shape index (κ2) is 8.12. The Hall–Kier alpha value is -2.40. The molecule has 1 saturated heterocycles. The van der Waals surface area contributed by atoms with Crippen molar-refractivity contribution in [2.45, 2.75) is 25.8 Å². The maximum atomic E-state index is 12.4. The number of carbonyl (C=O) groups excluding carboxylic acids is 1. The van der Waals surface area contributed by atoms with Gasteiger partial charge in [0.05, 0.1) is 18.2 Å². The highest BCUT2D eigenvalue weighted by Crippen LogP contribution is 2.21. The van der Waals surface area contributed by atoms with Gasteiger partial charge in [0.25, 0.3) is 5.91 Å². The zero-order chi connectivity index (χ0) is 17.6. The molecule has 1 atom stereocenters.